The molecule has 1 aromatic heterocycles. The van der Waals surface area contributed by atoms with Gasteiger partial charge in [0.25, 0.3) is 0 Å². The maximum absolute atomic E-state index is 14.4. The van der Waals surface area contributed by atoms with E-state index in [-0.39, 0.29) is 17.1 Å². The van der Waals surface area contributed by atoms with Crippen molar-refractivity contribution in [3.63, 3.8) is 0 Å². The largest absolute Gasteiger partial charge is 0.466 e. The second-order valence-corrected chi connectivity index (χ2v) is 12.4. The van der Waals surface area contributed by atoms with E-state index < -0.39 is 43.9 Å². The SMILES string of the molecule is COC(=O)C1=C([C@H]2CC[C@@H](S(=O)(=O)N(C)C)CC2)NC(c2nccs2)=NC1c1ccc(F)c(F)c1Cl. The van der Waals surface area contributed by atoms with E-state index in [1.807, 2.05) is 0 Å². The molecule has 0 radical (unpaired) electrons. The predicted molar refractivity (Wildman–Crippen MR) is 133 cm³/mol. The molecule has 1 N–H and O–H groups in total. The number of methoxy groups -OCH3 is 1. The van der Waals surface area contributed by atoms with E-state index in [4.69, 9.17) is 16.3 Å². The number of halogens is 3. The second-order valence-electron chi connectivity index (χ2n) is 8.73. The molecular weight excluding hydrogens is 534 g/mol. The van der Waals surface area contributed by atoms with Gasteiger partial charge in [0.05, 0.1) is 23.0 Å². The summed E-state index contributed by atoms with van der Waals surface area (Å²) in [6.45, 7) is 0. The third-order valence-corrected chi connectivity index (χ3v) is 9.98. The Morgan fingerprint density at radius 2 is 1.92 bits per heavy atom. The quantitative estimate of drug-likeness (QED) is 0.424. The maximum atomic E-state index is 14.4. The summed E-state index contributed by atoms with van der Waals surface area (Å²) in [6.07, 6.45) is 3.34. The molecule has 13 heteroatoms. The van der Waals surface area contributed by atoms with Gasteiger partial charge in [0.2, 0.25) is 10.0 Å². The lowest BCUT2D eigenvalue weighted by Crippen LogP contribution is -2.40. The summed E-state index contributed by atoms with van der Waals surface area (Å²) in [5, 5.41) is 4.50. The van der Waals surface area contributed by atoms with Gasteiger partial charge in [0.1, 0.15) is 6.04 Å². The number of hydrogen-bond acceptors (Lipinski definition) is 8. The lowest BCUT2D eigenvalue weighted by Gasteiger charge is -2.35. The fourth-order valence-corrected chi connectivity index (χ4v) is 6.90. The van der Waals surface area contributed by atoms with E-state index in [1.54, 1.807) is 11.6 Å². The van der Waals surface area contributed by atoms with Crippen LogP contribution in [0.15, 0.2) is 40.0 Å². The van der Waals surface area contributed by atoms with E-state index >= 15 is 0 Å². The van der Waals surface area contributed by atoms with Gasteiger partial charge in [0.15, 0.2) is 22.5 Å². The topological polar surface area (TPSA) is 101 Å². The normalized spacial score (nSPS) is 22.9. The lowest BCUT2D eigenvalue weighted by molar-refractivity contribution is -0.136. The fraction of sp³-hybridized carbons (Fsp3) is 0.435. The van der Waals surface area contributed by atoms with E-state index in [0.29, 0.717) is 42.2 Å². The van der Waals surface area contributed by atoms with Crippen LogP contribution >= 0.6 is 22.9 Å². The number of sulfonamides is 1. The molecule has 36 heavy (non-hydrogen) atoms. The Labute approximate surface area is 217 Å². The van der Waals surface area contributed by atoms with Crippen molar-refractivity contribution in [2.75, 3.05) is 21.2 Å². The van der Waals surface area contributed by atoms with Crippen LogP contribution in [0.25, 0.3) is 0 Å². The van der Waals surface area contributed by atoms with Gasteiger partial charge in [-0.25, -0.2) is 31.3 Å². The van der Waals surface area contributed by atoms with Crippen molar-refractivity contribution >= 4 is 44.8 Å². The van der Waals surface area contributed by atoms with E-state index in [2.05, 4.69) is 15.3 Å². The minimum atomic E-state index is -3.42. The molecule has 8 nitrogen and oxygen atoms in total. The van der Waals surface area contributed by atoms with Crippen molar-refractivity contribution in [2.45, 2.75) is 37.0 Å². The molecule has 1 fully saturated rings. The highest BCUT2D eigenvalue weighted by molar-refractivity contribution is 7.89. The third kappa shape index (κ3) is 4.91. The number of aromatic nitrogens is 1. The van der Waals surface area contributed by atoms with Crippen molar-refractivity contribution in [3.05, 3.63) is 62.2 Å². The number of nitrogens with one attached hydrogen (secondary N) is 1. The minimum absolute atomic E-state index is 0.105. The maximum Gasteiger partial charge on any atom is 0.338 e. The van der Waals surface area contributed by atoms with Crippen LogP contribution in [-0.4, -0.2) is 56.0 Å². The number of carbonyl (C=O) groups excluding carboxylic acids is 1. The summed E-state index contributed by atoms with van der Waals surface area (Å²) in [4.78, 5) is 22.0. The van der Waals surface area contributed by atoms with Crippen LogP contribution in [-0.2, 0) is 19.6 Å². The predicted octanol–water partition coefficient (Wildman–Crippen LogP) is 4.04. The summed E-state index contributed by atoms with van der Waals surface area (Å²) in [6, 6.07) is 1.14. The van der Waals surface area contributed by atoms with Crippen molar-refractivity contribution in [1.82, 2.24) is 14.6 Å². The Hall–Kier alpha value is -2.41. The van der Waals surface area contributed by atoms with Crippen molar-refractivity contribution in [3.8, 4) is 0 Å². The molecule has 2 heterocycles. The van der Waals surface area contributed by atoms with Gasteiger partial charge < -0.3 is 10.1 Å². The summed E-state index contributed by atoms with van der Waals surface area (Å²) >= 11 is 7.50. The van der Waals surface area contributed by atoms with Gasteiger partial charge in [-0.3, -0.25) is 4.99 Å². The van der Waals surface area contributed by atoms with Gasteiger partial charge in [-0.2, -0.15) is 0 Å². The van der Waals surface area contributed by atoms with Gasteiger partial charge in [0, 0.05) is 36.9 Å². The first-order valence-corrected chi connectivity index (χ1v) is 13.9. The summed E-state index contributed by atoms with van der Waals surface area (Å²) in [7, 11) is 0.813. The van der Waals surface area contributed by atoms with Crippen molar-refractivity contribution < 1.29 is 26.7 Å². The van der Waals surface area contributed by atoms with Crippen LogP contribution < -0.4 is 5.32 Å². The van der Waals surface area contributed by atoms with Gasteiger partial charge >= 0.3 is 5.97 Å². The first kappa shape index (κ1) is 26.6. The van der Waals surface area contributed by atoms with Crippen LogP contribution in [0, 0.1) is 17.6 Å². The Balaban J connectivity index is 1.80. The van der Waals surface area contributed by atoms with Gasteiger partial charge in [-0.1, -0.05) is 17.7 Å². The van der Waals surface area contributed by atoms with Crippen molar-refractivity contribution in [2.24, 2.45) is 10.9 Å². The Morgan fingerprint density at radius 3 is 2.50 bits per heavy atom. The number of carbonyl (C=O) groups is 1. The van der Waals surface area contributed by atoms with Crippen LogP contribution in [0.3, 0.4) is 0 Å². The number of esters is 1. The number of aliphatic imine (C=N–C) groups is 1. The smallest absolute Gasteiger partial charge is 0.338 e. The standard InChI is InChI=1S/C23H25ClF2N4O4S2/c1-30(2)36(32,33)13-6-4-12(5-7-13)19-16(23(31)34-3)20(14-8-9-15(25)18(26)17(14)24)29-21(28-19)22-27-10-11-35-22/h8-13,20H,4-7H2,1-3H3,(H,28,29)/t12-,13+,20?. The monoisotopic (exact) mass is 558 g/mol. The van der Waals surface area contributed by atoms with Crippen LogP contribution in [0.2, 0.25) is 5.02 Å². The molecule has 2 aliphatic rings. The molecule has 0 bridgehead atoms. The van der Waals surface area contributed by atoms with E-state index in [0.717, 1.165) is 6.07 Å². The molecule has 1 aromatic carbocycles. The Morgan fingerprint density at radius 1 is 1.22 bits per heavy atom. The number of allylic oxidation sites excluding steroid dienone is 1. The molecule has 0 amide bonds. The third-order valence-electron chi connectivity index (χ3n) is 6.49. The summed E-state index contributed by atoms with van der Waals surface area (Å²) in [5.74, 6) is -2.94. The molecule has 1 unspecified atom stereocenters. The summed E-state index contributed by atoms with van der Waals surface area (Å²) in [5.41, 5.74) is 0.714. The van der Waals surface area contributed by atoms with Gasteiger partial charge in [-0.05, 0) is 37.7 Å². The van der Waals surface area contributed by atoms with Gasteiger partial charge in [-0.15, -0.1) is 11.3 Å². The minimum Gasteiger partial charge on any atom is -0.466 e. The molecule has 1 aliphatic carbocycles. The van der Waals surface area contributed by atoms with Crippen LogP contribution in [0.4, 0.5) is 8.78 Å². The number of benzene rings is 1. The molecule has 1 saturated carbocycles. The summed E-state index contributed by atoms with van der Waals surface area (Å²) < 4.78 is 59.8. The highest BCUT2D eigenvalue weighted by Gasteiger charge is 2.40. The molecule has 1 atom stereocenters. The average molecular weight is 559 g/mol. The number of thiazole rings is 1. The number of rotatable bonds is 6. The van der Waals surface area contributed by atoms with Crippen molar-refractivity contribution in [1.29, 1.82) is 0 Å². The first-order valence-electron chi connectivity index (χ1n) is 11.2. The van der Waals surface area contributed by atoms with E-state index in [1.165, 1.54) is 42.9 Å². The number of nitrogens with zero attached hydrogens (tertiary/aromatic N) is 3. The first-order chi connectivity index (χ1) is 17.1. The molecule has 2 aromatic rings. The molecule has 194 valence electrons. The zero-order valence-corrected chi connectivity index (χ0v) is 22.2. The Kier molecular flexibility index (Phi) is 7.79. The molecule has 4 rings (SSSR count). The van der Waals surface area contributed by atoms with Crippen LogP contribution in [0.5, 0.6) is 0 Å². The number of amidine groups is 1. The Bertz CT molecular complexity index is 1320. The zero-order chi connectivity index (χ0) is 26.2. The highest BCUT2D eigenvalue weighted by Crippen LogP contribution is 2.42. The average Bonchev–Trinajstić information content (AvgIpc) is 3.41. The zero-order valence-electron chi connectivity index (χ0n) is 19.8. The molecule has 0 saturated heterocycles. The lowest BCUT2D eigenvalue weighted by atomic mass is 9.82. The fourth-order valence-electron chi connectivity index (χ4n) is 4.60. The second kappa shape index (κ2) is 10.5. The number of hydrogen-bond donors (Lipinski definition) is 1. The molecule has 1 aliphatic heterocycles. The van der Waals surface area contributed by atoms with E-state index in [9.17, 15) is 22.0 Å². The van der Waals surface area contributed by atoms with Crippen LogP contribution in [0.1, 0.15) is 42.3 Å². The molecule has 0 spiro atoms. The molecular formula is C23H25ClF2N4O4S2. The number of ether oxygens (including phenoxy) is 1. The highest BCUT2D eigenvalue weighted by atomic mass is 35.5.